The summed E-state index contributed by atoms with van der Waals surface area (Å²) in [5.41, 5.74) is 0. The molecular weight excluding hydrogens is 237 g/mol. The van der Waals surface area contributed by atoms with E-state index in [2.05, 4.69) is 4.99 Å². The molecule has 4 nitrogen and oxygen atoms in total. The predicted octanol–water partition coefficient (Wildman–Crippen LogP) is 1.74. The van der Waals surface area contributed by atoms with E-state index in [9.17, 15) is 4.57 Å². The highest BCUT2D eigenvalue weighted by atomic mass is 31.2. The summed E-state index contributed by atoms with van der Waals surface area (Å²) in [5, 5.41) is 1.08. The molecule has 0 fully saturated rings. The number of nitrogens with two attached hydrogens (primary N) is 1. The fourth-order valence-electron chi connectivity index (χ4n) is 1.54. The first-order valence-corrected chi connectivity index (χ1v) is 6.66. The van der Waals surface area contributed by atoms with Crippen LogP contribution in [0.1, 0.15) is 0 Å². The molecule has 0 aliphatic heterocycles. The van der Waals surface area contributed by atoms with Crippen molar-refractivity contribution in [2.75, 3.05) is 0 Å². The lowest BCUT2D eigenvalue weighted by Crippen LogP contribution is -2.19. The minimum atomic E-state index is -3.27. The lowest BCUT2D eigenvalue weighted by molar-refractivity contribution is -0.207. The highest BCUT2D eigenvalue weighted by Crippen LogP contribution is 2.44. The van der Waals surface area contributed by atoms with E-state index >= 15 is 0 Å². The standard InChI is InChI=1S/C12H12NO3P/c13-15-16-17(14,11-7-3-1-4-8-11)12-9-5-2-6-10-12/h1-10H,13H2. The van der Waals surface area contributed by atoms with Crippen LogP contribution < -0.4 is 16.5 Å². The molecule has 0 saturated carbocycles. The third-order valence-corrected chi connectivity index (χ3v) is 4.59. The zero-order valence-corrected chi connectivity index (χ0v) is 9.92. The zero-order chi connectivity index (χ0) is 12.1. The summed E-state index contributed by atoms with van der Waals surface area (Å²) < 4.78 is 17.6. The molecule has 0 atom stereocenters. The van der Waals surface area contributed by atoms with Crippen molar-refractivity contribution in [2.45, 2.75) is 0 Å². The first-order valence-electron chi connectivity index (χ1n) is 5.04. The number of hydrogen-bond acceptors (Lipinski definition) is 4. The topological polar surface area (TPSA) is 61.6 Å². The highest BCUT2D eigenvalue weighted by molar-refractivity contribution is 7.74. The molecule has 88 valence electrons. The summed E-state index contributed by atoms with van der Waals surface area (Å²) in [5.74, 6) is 4.89. The van der Waals surface area contributed by atoms with Gasteiger partial charge in [0.25, 0.3) is 7.37 Å². The Labute approximate surface area is 99.3 Å². The Morgan fingerprint density at radius 3 is 1.59 bits per heavy atom. The van der Waals surface area contributed by atoms with E-state index in [0.29, 0.717) is 10.6 Å². The Morgan fingerprint density at radius 1 is 0.824 bits per heavy atom. The SMILES string of the molecule is NOOP(=O)(c1ccccc1)c1ccccc1. The van der Waals surface area contributed by atoms with Gasteiger partial charge in [0.1, 0.15) is 0 Å². The van der Waals surface area contributed by atoms with Gasteiger partial charge in [-0.05, 0) is 24.3 Å². The van der Waals surface area contributed by atoms with E-state index in [4.69, 9.17) is 10.6 Å². The maximum atomic E-state index is 12.8. The van der Waals surface area contributed by atoms with Crippen LogP contribution in [-0.2, 0) is 14.2 Å². The molecule has 0 heterocycles. The average molecular weight is 249 g/mol. The van der Waals surface area contributed by atoms with Crippen LogP contribution in [0.25, 0.3) is 0 Å². The van der Waals surface area contributed by atoms with E-state index < -0.39 is 7.37 Å². The quantitative estimate of drug-likeness (QED) is 0.509. The number of benzene rings is 2. The minimum Gasteiger partial charge on any atom is -0.280 e. The summed E-state index contributed by atoms with van der Waals surface area (Å²) >= 11 is 0. The van der Waals surface area contributed by atoms with Crippen molar-refractivity contribution < 1.29 is 14.2 Å². The van der Waals surface area contributed by atoms with Crippen LogP contribution in [0.5, 0.6) is 0 Å². The van der Waals surface area contributed by atoms with Crippen molar-refractivity contribution in [2.24, 2.45) is 5.90 Å². The third-order valence-electron chi connectivity index (χ3n) is 2.34. The average Bonchev–Trinajstić information content (AvgIpc) is 2.41. The van der Waals surface area contributed by atoms with Gasteiger partial charge in [-0.25, -0.2) is 0 Å². The van der Waals surface area contributed by atoms with Gasteiger partial charge >= 0.3 is 0 Å². The van der Waals surface area contributed by atoms with E-state index in [1.54, 1.807) is 48.5 Å². The van der Waals surface area contributed by atoms with Crippen molar-refractivity contribution in [3.05, 3.63) is 60.7 Å². The molecule has 17 heavy (non-hydrogen) atoms. The van der Waals surface area contributed by atoms with E-state index in [0.717, 1.165) is 0 Å². The molecule has 2 aromatic carbocycles. The molecule has 0 radical (unpaired) electrons. The lowest BCUT2D eigenvalue weighted by atomic mass is 10.4. The summed E-state index contributed by atoms with van der Waals surface area (Å²) in [6, 6.07) is 17.7. The molecule has 0 aliphatic carbocycles. The van der Waals surface area contributed by atoms with Crippen LogP contribution in [0.3, 0.4) is 0 Å². The lowest BCUT2D eigenvalue weighted by Gasteiger charge is -2.15. The Kier molecular flexibility index (Phi) is 3.71. The number of hydrogen-bond donors (Lipinski definition) is 1. The van der Waals surface area contributed by atoms with Crippen LogP contribution in [0.4, 0.5) is 0 Å². The maximum absolute atomic E-state index is 12.8. The van der Waals surface area contributed by atoms with Gasteiger partial charge in [0, 0.05) is 10.6 Å². The molecule has 0 spiro atoms. The van der Waals surface area contributed by atoms with Crippen molar-refractivity contribution in [3.8, 4) is 0 Å². The zero-order valence-electron chi connectivity index (χ0n) is 9.02. The Morgan fingerprint density at radius 2 is 1.24 bits per heavy atom. The van der Waals surface area contributed by atoms with Gasteiger partial charge < -0.3 is 0 Å². The second-order valence-corrected chi connectivity index (χ2v) is 5.68. The molecule has 5 heteroatoms. The molecule has 0 unspecified atom stereocenters. The van der Waals surface area contributed by atoms with Crippen molar-refractivity contribution in [1.29, 1.82) is 0 Å². The van der Waals surface area contributed by atoms with Gasteiger partial charge in [-0.15, -0.1) is 9.66 Å². The van der Waals surface area contributed by atoms with Crippen molar-refractivity contribution in [3.63, 3.8) is 0 Å². The normalized spacial score (nSPS) is 11.4. The maximum Gasteiger partial charge on any atom is 0.293 e. The van der Waals surface area contributed by atoms with Crippen LogP contribution in [0.15, 0.2) is 60.7 Å². The molecular formula is C12H12NO3P. The summed E-state index contributed by atoms with van der Waals surface area (Å²) in [7, 11) is -3.27. The largest absolute Gasteiger partial charge is 0.293 e. The minimum absolute atomic E-state index is 0.539. The van der Waals surface area contributed by atoms with E-state index in [1.807, 2.05) is 12.1 Å². The molecule has 2 rings (SSSR count). The molecule has 2 N–H and O–H groups in total. The van der Waals surface area contributed by atoms with Gasteiger partial charge in [-0.1, -0.05) is 36.4 Å². The first kappa shape index (κ1) is 12.0. The second-order valence-electron chi connectivity index (χ2n) is 3.39. The van der Waals surface area contributed by atoms with Crippen LogP contribution >= 0.6 is 7.37 Å². The summed E-state index contributed by atoms with van der Waals surface area (Å²) in [6.07, 6.45) is 0. The Balaban J connectivity index is 2.51. The molecule has 0 amide bonds. The molecule has 0 saturated heterocycles. The van der Waals surface area contributed by atoms with Crippen LogP contribution in [0, 0.1) is 0 Å². The van der Waals surface area contributed by atoms with E-state index in [1.165, 1.54) is 0 Å². The van der Waals surface area contributed by atoms with E-state index in [-0.39, 0.29) is 0 Å². The Bertz CT molecular complexity index is 472. The number of rotatable bonds is 4. The van der Waals surface area contributed by atoms with Gasteiger partial charge in [-0.2, -0.15) is 5.90 Å². The van der Waals surface area contributed by atoms with Gasteiger partial charge in [0.15, 0.2) is 0 Å². The molecule has 0 aromatic heterocycles. The Hall–Kier alpha value is -1.45. The molecule has 2 aromatic rings. The van der Waals surface area contributed by atoms with Crippen molar-refractivity contribution in [1.82, 2.24) is 0 Å². The van der Waals surface area contributed by atoms with Gasteiger partial charge in [0.2, 0.25) is 0 Å². The van der Waals surface area contributed by atoms with Crippen LogP contribution in [-0.4, -0.2) is 0 Å². The predicted molar refractivity (Wildman–Crippen MR) is 66.1 cm³/mol. The summed E-state index contributed by atoms with van der Waals surface area (Å²) in [4.78, 5) is 4.15. The van der Waals surface area contributed by atoms with Gasteiger partial charge in [0.05, 0.1) is 0 Å². The molecule has 0 aliphatic rings. The second kappa shape index (κ2) is 5.25. The highest BCUT2D eigenvalue weighted by Gasteiger charge is 2.29. The monoisotopic (exact) mass is 249 g/mol. The summed E-state index contributed by atoms with van der Waals surface area (Å²) in [6.45, 7) is 0. The van der Waals surface area contributed by atoms with Crippen molar-refractivity contribution >= 4 is 18.0 Å². The smallest absolute Gasteiger partial charge is 0.280 e. The molecule has 0 bridgehead atoms. The third kappa shape index (κ3) is 2.46. The van der Waals surface area contributed by atoms with Crippen LogP contribution in [0.2, 0.25) is 0 Å². The fraction of sp³-hybridized carbons (Fsp3) is 0. The van der Waals surface area contributed by atoms with Gasteiger partial charge in [-0.3, -0.25) is 4.57 Å². The first-order chi connectivity index (χ1) is 8.27. The fourth-order valence-corrected chi connectivity index (χ4v) is 3.26.